The van der Waals surface area contributed by atoms with Crippen LogP contribution in [0.5, 0.6) is 0 Å². The highest BCUT2D eigenvalue weighted by Crippen LogP contribution is 1.88. The zero-order chi connectivity index (χ0) is 6.41. The minimum Gasteiger partial charge on any atom is -0.481 e. The second kappa shape index (κ2) is 4.37. The molecule has 0 spiro atoms. The van der Waals surface area contributed by atoms with Crippen LogP contribution in [-0.2, 0) is 4.79 Å². The maximum Gasteiger partial charge on any atom is 0.303 e. The van der Waals surface area contributed by atoms with Crippen molar-refractivity contribution in [1.29, 1.82) is 0 Å². The fourth-order valence-corrected chi connectivity index (χ4v) is 0.373. The topological polar surface area (TPSA) is 37.3 Å². The first-order chi connectivity index (χ1) is 3.77. The minimum absolute atomic E-state index is 0.240. The molecular weight excluding hydrogens is 104 g/mol. The van der Waals surface area contributed by atoms with E-state index in [0.717, 1.165) is 0 Å². The molecule has 2 nitrogen and oxygen atoms in total. The molecule has 0 aromatic heterocycles. The van der Waals surface area contributed by atoms with E-state index in [4.69, 9.17) is 5.11 Å². The predicted molar refractivity (Wildman–Crippen MR) is 31.7 cm³/mol. The molecule has 0 aliphatic heterocycles. The van der Waals surface area contributed by atoms with Gasteiger partial charge in [0.15, 0.2) is 0 Å². The molecule has 0 bridgehead atoms. The summed E-state index contributed by atoms with van der Waals surface area (Å²) in [5.74, 6) is -0.733. The molecule has 0 atom stereocenters. The molecule has 0 aliphatic carbocycles. The lowest BCUT2D eigenvalue weighted by Gasteiger charge is -1.83. The van der Waals surface area contributed by atoms with E-state index < -0.39 is 5.97 Å². The lowest BCUT2D eigenvalue weighted by molar-refractivity contribution is -0.136. The summed E-state index contributed by atoms with van der Waals surface area (Å²) in [6.45, 7) is 1.88. The number of aliphatic carboxylic acids is 1. The fourth-order valence-electron chi connectivity index (χ4n) is 0.373. The van der Waals surface area contributed by atoms with Crippen LogP contribution in [-0.4, -0.2) is 11.1 Å². The monoisotopic (exact) mass is 114 g/mol. The summed E-state index contributed by atoms with van der Waals surface area (Å²) in [6, 6.07) is 0. The van der Waals surface area contributed by atoms with Crippen molar-refractivity contribution >= 4 is 5.97 Å². The fraction of sp³-hybridized carbons (Fsp3) is 0.500. The molecule has 0 saturated heterocycles. The molecule has 46 valence electrons. The second-order valence-electron chi connectivity index (χ2n) is 1.50. The first-order valence-corrected chi connectivity index (χ1v) is 2.60. The third-order valence-corrected chi connectivity index (χ3v) is 0.761. The molecule has 0 rings (SSSR count). The number of carbonyl (C=O) groups is 1. The van der Waals surface area contributed by atoms with E-state index in [-0.39, 0.29) is 6.42 Å². The lowest BCUT2D eigenvalue weighted by atomic mass is 10.3. The van der Waals surface area contributed by atoms with Gasteiger partial charge in [0.2, 0.25) is 0 Å². The quantitative estimate of drug-likeness (QED) is 0.563. The maximum absolute atomic E-state index is 9.84. The van der Waals surface area contributed by atoms with E-state index in [1.807, 2.05) is 19.1 Å². The Bertz CT molecular complexity index is 94.7. The van der Waals surface area contributed by atoms with Gasteiger partial charge in [-0.2, -0.15) is 0 Å². The van der Waals surface area contributed by atoms with Crippen molar-refractivity contribution < 1.29 is 9.90 Å². The molecular formula is C6H10O2. The van der Waals surface area contributed by atoms with Gasteiger partial charge in [-0.15, -0.1) is 0 Å². The number of hydrogen-bond acceptors (Lipinski definition) is 1. The van der Waals surface area contributed by atoms with E-state index in [0.29, 0.717) is 6.42 Å². The van der Waals surface area contributed by atoms with Crippen molar-refractivity contribution in [3.05, 3.63) is 12.2 Å². The average Bonchev–Trinajstić information content (AvgIpc) is 1.66. The van der Waals surface area contributed by atoms with Crippen molar-refractivity contribution in [3.8, 4) is 0 Å². The Balaban J connectivity index is 3.05. The van der Waals surface area contributed by atoms with Gasteiger partial charge in [0.1, 0.15) is 0 Å². The smallest absolute Gasteiger partial charge is 0.303 e. The molecule has 0 unspecified atom stereocenters. The number of hydrogen-bond donors (Lipinski definition) is 1. The Labute approximate surface area is 48.8 Å². The SMILES string of the molecule is C/C=C/CCC(=O)O. The van der Waals surface area contributed by atoms with Crippen molar-refractivity contribution in [2.45, 2.75) is 19.8 Å². The van der Waals surface area contributed by atoms with Gasteiger partial charge in [-0.1, -0.05) is 12.2 Å². The highest BCUT2D eigenvalue weighted by atomic mass is 16.4. The number of rotatable bonds is 3. The Morgan fingerprint density at radius 1 is 1.75 bits per heavy atom. The molecule has 0 aliphatic rings. The number of carboxylic acids is 1. The minimum atomic E-state index is -0.733. The zero-order valence-electron chi connectivity index (χ0n) is 4.92. The Hall–Kier alpha value is -0.790. The van der Waals surface area contributed by atoms with Crippen LogP contribution in [0.15, 0.2) is 12.2 Å². The van der Waals surface area contributed by atoms with Crippen LogP contribution in [0.3, 0.4) is 0 Å². The van der Waals surface area contributed by atoms with Crippen LogP contribution in [0.25, 0.3) is 0 Å². The summed E-state index contributed by atoms with van der Waals surface area (Å²) < 4.78 is 0. The third kappa shape index (κ3) is 5.21. The Morgan fingerprint density at radius 2 is 2.38 bits per heavy atom. The van der Waals surface area contributed by atoms with Crippen LogP contribution in [0.4, 0.5) is 0 Å². The van der Waals surface area contributed by atoms with Gasteiger partial charge >= 0.3 is 5.97 Å². The van der Waals surface area contributed by atoms with E-state index in [1.54, 1.807) is 0 Å². The molecule has 0 aromatic carbocycles. The number of carboxylic acid groups (broad SMARTS) is 1. The summed E-state index contributed by atoms with van der Waals surface area (Å²) in [5, 5.41) is 8.11. The Kier molecular flexibility index (Phi) is 3.94. The molecule has 1 N–H and O–H groups in total. The van der Waals surface area contributed by atoms with Gasteiger partial charge in [-0.3, -0.25) is 4.79 Å². The molecule has 0 saturated carbocycles. The molecule has 8 heavy (non-hydrogen) atoms. The van der Waals surface area contributed by atoms with E-state index in [1.165, 1.54) is 0 Å². The summed E-state index contributed by atoms with van der Waals surface area (Å²) in [7, 11) is 0. The molecule has 2 heteroatoms. The molecule has 0 radical (unpaired) electrons. The predicted octanol–water partition coefficient (Wildman–Crippen LogP) is 1.43. The average molecular weight is 114 g/mol. The molecule has 0 aromatic rings. The van der Waals surface area contributed by atoms with Crippen LogP contribution >= 0.6 is 0 Å². The standard InChI is InChI=1S/C6H10O2/c1-2-3-4-5-6(7)8/h2-3H,4-5H2,1H3,(H,7,8)/b3-2+. The summed E-state index contributed by atoms with van der Waals surface area (Å²) in [6.07, 6.45) is 4.58. The summed E-state index contributed by atoms with van der Waals surface area (Å²) in [5.41, 5.74) is 0. The highest BCUT2D eigenvalue weighted by Gasteiger charge is 1.89. The van der Waals surface area contributed by atoms with Gasteiger partial charge in [-0.05, 0) is 13.3 Å². The van der Waals surface area contributed by atoms with Crippen molar-refractivity contribution in [3.63, 3.8) is 0 Å². The van der Waals surface area contributed by atoms with Gasteiger partial charge < -0.3 is 5.11 Å². The van der Waals surface area contributed by atoms with Gasteiger partial charge in [0.05, 0.1) is 0 Å². The molecule has 0 fully saturated rings. The van der Waals surface area contributed by atoms with E-state index in [2.05, 4.69) is 0 Å². The van der Waals surface area contributed by atoms with Crippen LogP contribution < -0.4 is 0 Å². The zero-order valence-corrected chi connectivity index (χ0v) is 4.92. The highest BCUT2D eigenvalue weighted by molar-refractivity contribution is 5.66. The van der Waals surface area contributed by atoms with Crippen LogP contribution in [0, 0.1) is 0 Å². The molecule has 0 amide bonds. The van der Waals surface area contributed by atoms with Gasteiger partial charge in [0, 0.05) is 6.42 Å². The largest absolute Gasteiger partial charge is 0.481 e. The lowest BCUT2D eigenvalue weighted by Crippen LogP contribution is -1.91. The van der Waals surface area contributed by atoms with Gasteiger partial charge in [-0.25, -0.2) is 0 Å². The van der Waals surface area contributed by atoms with Crippen molar-refractivity contribution in [2.24, 2.45) is 0 Å². The van der Waals surface area contributed by atoms with Crippen LogP contribution in [0.2, 0.25) is 0 Å². The molecule has 0 heterocycles. The Morgan fingerprint density at radius 3 is 2.75 bits per heavy atom. The third-order valence-electron chi connectivity index (χ3n) is 0.761. The van der Waals surface area contributed by atoms with Crippen molar-refractivity contribution in [1.82, 2.24) is 0 Å². The first-order valence-electron chi connectivity index (χ1n) is 2.60. The first kappa shape index (κ1) is 7.21. The van der Waals surface area contributed by atoms with E-state index >= 15 is 0 Å². The van der Waals surface area contributed by atoms with Crippen molar-refractivity contribution in [2.75, 3.05) is 0 Å². The summed E-state index contributed by atoms with van der Waals surface area (Å²) in [4.78, 5) is 9.84. The van der Waals surface area contributed by atoms with Crippen LogP contribution in [0.1, 0.15) is 19.8 Å². The number of allylic oxidation sites excluding steroid dienone is 2. The normalized spacial score (nSPS) is 10.1. The summed E-state index contributed by atoms with van der Waals surface area (Å²) >= 11 is 0. The second-order valence-corrected chi connectivity index (χ2v) is 1.50. The van der Waals surface area contributed by atoms with Gasteiger partial charge in [0.25, 0.3) is 0 Å². The maximum atomic E-state index is 9.84. The van der Waals surface area contributed by atoms with E-state index in [9.17, 15) is 4.79 Å².